The Balaban J connectivity index is 1.40. The summed E-state index contributed by atoms with van der Waals surface area (Å²) >= 11 is 0. The Hall–Kier alpha value is -3.46. The van der Waals surface area contributed by atoms with Crippen LogP contribution in [0.3, 0.4) is 0 Å². The number of benzene rings is 1. The van der Waals surface area contributed by atoms with E-state index in [-0.39, 0.29) is 34.3 Å². The van der Waals surface area contributed by atoms with Gasteiger partial charge >= 0.3 is 6.18 Å². The van der Waals surface area contributed by atoms with Crippen LogP contribution in [0.1, 0.15) is 46.8 Å². The second kappa shape index (κ2) is 8.83. The van der Waals surface area contributed by atoms with Gasteiger partial charge in [-0.1, -0.05) is 17.9 Å². The SMILES string of the molecule is CS(=O)(=O)c1cncc(C(=O)N2[C@@H](C(=O)N[C@@H](c3ccc(C(F)(F)F)cc3F)C3CC3)C[C@H]3C#C[C@H]32)c1. The minimum absolute atomic E-state index is 0.0254. The van der Waals surface area contributed by atoms with Gasteiger partial charge in [-0.3, -0.25) is 14.6 Å². The number of hydrogen-bond acceptors (Lipinski definition) is 5. The van der Waals surface area contributed by atoms with Gasteiger partial charge in [0.15, 0.2) is 9.84 Å². The van der Waals surface area contributed by atoms with Gasteiger partial charge in [-0.15, -0.1) is 0 Å². The highest BCUT2D eigenvalue weighted by Gasteiger charge is 2.50. The van der Waals surface area contributed by atoms with Gasteiger partial charge in [-0.25, -0.2) is 12.8 Å². The molecular weight excluding hydrogens is 514 g/mol. The van der Waals surface area contributed by atoms with Crippen LogP contribution in [0.4, 0.5) is 17.6 Å². The average molecular weight is 536 g/mol. The quantitative estimate of drug-likeness (QED) is 0.453. The predicted molar refractivity (Wildman–Crippen MR) is 122 cm³/mol. The normalized spacial score (nSPS) is 23.4. The van der Waals surface area contributed by atoms with E-state index in [4.69, 9.17) is 0 Å². The van der Waals surface area contributed by atoms with Crippen molar-refractivity contribution >= 4 is 21.7 Å². The van der Waals surface area contributed by atoms with Crippen LogP contribution >= 0.6 is 0 Å². The molecule has 194 valence electrons. The van der Waals surface area contributed by atoms with Crippen molar-refractivity contribution in [1.29, 1.82) is 0 Å². The molecule has 7 nitrogen and oxygen atoms in total. The lowest BCUT2D eigenvalue weighted by molar-refractivity contribution is -0.137. The summed E-state index contributed by atoms with van der Waals surface area (Å²) in [5.74, 6) is 3.08. The topological polar surface area (TPSA) is 96.4 Å². The number of halogens is 4. The van der Waals surface area contributed by atoms with E-state index in [0.717, 1.165) is 24.6 Å². The number of rotatable bonds is 6. The number of carbonyl (C=O) groups excluding carboxylic acids is 2. The third-order valence-corrected chi connectivity index (χ3v) is 7.97. The lowest BCUT2D eigenvalue weighted by Crippen LogP contribution is -2.50. The molecule has 37 heavy (non-hydrogen) atoms. The first-order valence-corrected chi connectivity index (χ1v) is 13.4. The van der Waals surface area contributed by atoms with Crippen molar-refractivity contribution in [3.8, 4) is 11.8 Å². The van der Waals surface area contributed by atoms with Crippen LogP contribution in [0.2, 0.25) is 0 Å². The second-order valence-corrected chi connectivity index (χ2v) is 11.6. The fourth-order valence-electron chi connectivity index (χ4n) is 4.75. The van der Waals surface area contributed by atoms with E-state index in [2.05, 4.69) is 22.1 Å². The van der Waals surface area contributed by atoms with Gasteiger partial charge < -0.3 is 10.2 Å². The Labute approximate surface area is 210 Å². The molecule has 2 aromatic rings. The molecule has 2 heterocycles. The van der Waals surface area contributed by atoms with Crippen molar-refractivity contribution in [2.24, 2.45) is 11.8 Å². The van der Waals surface area contributed by atoms with Crippen LogP contribution in [-0.4, -0.2) is 48.5 Å². The summed E-state index contributed by atoms with van der Waals surface area (Å²) < 4.78 is 77.5. The zero-order chi connectivity index (χ0) is 26.7. The molecule has 5 rings (SSSR count). The first-order chi connectivity index (χ1) is 17.3. The number of hydrogen-bond donors (Lipinski definition) is 1. The average Bonchev–Trinajstić information content (AvgIpc) is 3.61. The maximum absolute atomic E-state index is 14.7. The summed E-state index contributed by atoms with van der Waals surface area (Å²) in [6.07, 6.45) is 0.150. The number of nitrogens with one attached hydrogen (secondary N) is 1. The largest absolute Gasteiger partial charge is 0.416 e. The van der Waals surface area contributed by atoms with Crippen molar-refractivity contribution in [1.82, 2.24) is 15.2 Å². The fourth-order valence-corrected chi connectivity index (χ4v) is 5.34. The Kier molecular flexibility index (Phi) is 6.02. The smallest absolute Gasteiger partial charge is 0.347 e. The Morgan fingerprint density at radius 3 is 2.46 bits per heavy atom. The number of pyridine rings is 1. The van der Waals surface area contributed by atoms with Gasteiger partial charge in [-0.2, -0.15) is 13.2 Å². The van der Waals surface area contributed by atoms with Crippen molar-refractivity contribution in [2.45, 2.75) is 48.5 Å². The molecule has 1 aromatic heterocycles. The number of likely N-dealkylation sites (tertiary alicyclic amines) is 1. The van der Waals surface area contributed by atoms with Crippen LogP contribution in [-0.2, 0) is 20.8 Å². The van der Waals surface area contributed by atoms with E-state index in [1.807, 2.05) is 0 Å². The van der Waals surface area contributed by atoms with Crippen molar-refractivity contribution in [2.75, 3.05) is 6.26 Å². The molecule has 1 aliphatic heterocycles. The van der Waals surface area contributed by atoms with E-state index in [1.165, 1.54) is 17.2 Å². The molecule has 0 unspecified atom stereocenters. The highest BCUT2D eigenvalue weighted by Crippen LogP contribution is 2.43. The number of carbonyl (C=O) groups is 2. The zero-order valence-corrected chi connectivity index (χ0v) is 20.2. The van der Waals surface area contributed by atoms with Gasteiger partial charge in [0.2, 0.25) is 5.91 Å². The highest BCUT2D eigenvalue weighted by molar-refractivity contribution is 7.90. The van der Waals surface area contributed by atoms with Crippen LogP contribution in [0.15, 0.2) is 41.6 Å². The van der Waals surface area contributed by atoms with Crippen LogP contribution in [0.5, 0.6) is 0 Å². The maximum Gasteiger partial charge on any atom is 0.416 e. The molecule has 12 heteroatoms. The summed E-state index contributed by atoms with van der Waals surface area (Å²) in [6, 6.07) is 1.01. The van der Waals surface area contributed by atoms with E-state index < -0.39 is 57.3 Å². The molecule has 1 saturated heterocycles. The van der Waals surface area contributed by atoms with Crippen LogP contribution in [0, 0.1) is 29.5 Å². The maximum atomic E-state index is 14.7. The van der Waals surface area contributed by atoms with Gasteiger partial charge in [-0.05, 0) is 43.4 Å². The molecule has 0 spiro atoms. The molecule has 4 atom stereocenters. The summed E-state index contributed by atoms with van der Waals surface area (Å²) in [5, 5.41) is 2.76. The van der Waals surface area contributed by atoms with Gasteiger partial charge in [0, 0.05) is 24.2 Å². The molecule has 3 aliphatic rings. The zero-order valence-electron chi connectivity index (χ0n) is 19.4. The van der Waals surface area contributed by atoms with Gasteiger partial charge in [0.1, 0.15) is 17.9 Å². The standard InChI is InChI=1S/C25H21F4N3O4S/c1-37(35,36)17-8-15(11-30-12-17)24(34)32-20-7-4-14(20)9-21(32)23(33)31-22(13-2-3-13)18-6-5-16(10-19(18)26)25(27,28)29/h5-6,8,10-14,20-22H,2-3,9H2,1H3,(H,31,33)/t14-,20-,21-,22-/m1/s1. The molecule has 1 N–H and O–H groups in total. The van der Waals surface area contributed by atoms with Gasteiger partial charge in [0.25, 0.3) is 5.91 Å². The lowest BCUT2D eigenvalue weighted by Gasteiger charge is -2.30. The lowest BCUT2D eigenvalue weighted by atomic mass is 9.92. The minimum atomic E-state index is -4.70. The Morgan fingerprint density at radius 2 is 1.89 bits per heavy atom. The van der Waals surface area contributed by atoms with Crippen molar-refractivity contribution < 1.29 is 35.6 Å². The summed E-state index contributed by atoms with van der Waals surface area (Å²) in [7, 11) is -3.63. The molecule has 2 amide bonds. The fraction of sp³-hybridized carbons (Fsp3) is 0.400. The van der Waals surface area contributed by atoms with E-state index >= 15 is 0 Å². The number of nitrogens with zero attached hydrogens (tertiary/aromatic N) is 2. The monoisotopic (exact) mass is 535 g/mol. The number of aromatic nitrogens is 1. The number of fused-ring (bicyclic) bond motifs is 1. The summed E-state index contributed by atoms with van der Waals surface area (Å²) in [5.41, 5.74) is -1.20. The summed E-state index contributed by atoms with van der Waals surface area (Å²) in [4.78, 5) is 31.8. The first kappa shape index (κ1) is 25.2. The Morgan fingerprint density at radius 1 is 1.16 bits per heavy atom. The van der Waals surface area contributed by atoms with E-state index in [9.17, 15) is 35.6 Å². The molecule has 0 bridgehead atoms. The van der Waals surface area contributed by atoms with E-state index in [0.29, 0.717) is 18.9 Å². The number of sulfone groups is 1. The predicted octanol–water partition coefficient (Wildman–Crippen LogP) is 3.13. The third kappa shape index (κ3) is 4.80. The molecule has 1 saturated carbocycles. The highest BCUT2D eigenvalue weighted by atomic mass is 32.2. The van der Waals surface area contributed by atoms with Crippen molar-refractivity contribution in [3.63, 3.8) is 0 Å². The number of alkyl halides is 3. The number of amides is 2. The molecular formula is C25H21F4N3O4S. The van der Waals surface area contributed by atoms with Crippen molar-refractivity contribution in [3.05, 3.63) is 59.2 Å². The van der Waals surface area contributed by atoms with E-state index in [1.54, 1.807) is 0 Å². The minimum Gasteiger partial charge on any atom is -0.347 e. The third-order valence-electron chi connectivity index (χ3n) is 6.89. The molecule has 2 fully saturated rings. The second-order valence-electron chi connectivity index (χ2n) is 9.54. The molecule has 0 radical (unpaired) electrons. The molecule has 1 aromatic carbocycles. The van der Waals surface area contributed by atoms with Gasteiger partial charge in [0.05, 0.1) is 28.0 Å². The van der Waals surface area contributed by atoms with Crippen LogP contribution in [0.25, 0.3) is 0 Å². The van der Waals surface area contributed by atoms with Crippen LogP contribution < -0.4 is 5.32 Å². The molecule has 2 aliphatic carbocycles. The Bertz CT molecular complexity index is 1460. The first-order valence-electron chi connectivity index (χ1n) is 11.5. The summed E-state index contributed by atoms with van der Waals surface area (Å²) in [6.45, 7) is 0.